The van der Waals surface area contributed by atoms with Gasteiger partial charge in [-0.1, -0.05) is 13.0 Å². The van der Waals surface area contributed by atoms with E-state index < -0.39 is 6.61 Å². The van der Waals surface area contributed by atoms with Gasteiger partial charge in [0.2, 0.25) is 0 Å². The van der Waals surface area contributed by atoms with Gasteiger partial charge in [0.05, 0.1) is 0 Å². The van der Waals surface area contributed by atoms with Crippen LogP contribution in [0.15, 0.2) is 24.3 Å². The monoisotopic (exact) mass is 284 g/mol. The Kier molecular flexibility index (Phi) is 4.89. The SMILES string of the molecule is CC1CNCCC1NC(=O)c1cccc(OC(F)F)c1. The van der Waals surface area contributed by atoms with E-state index in [9.17, 15) is 13.6 Å². The lowest BCUT2D eigenvalue weighted by Crippen LogP contribution is -2.48. The van der Waals surface area contributed by atoms with Gasteiger partial charge in [-0.25, -0.2) is 0 Å². The summed E-state index contributed by atoms with van der Waals surface area (Å²) in [6.45, 7) is 0.897. The van der Waals surface area contributed by atoms with Crippen molar-refractivity contribution in [3.8, 4) is 5.75 Å². The fourth-order valence-electron chi connectivity index (χ4n) is 2.29. The van der Waals surface area contributed by atoms with E-state index in [2.05, 4.69) is 22.3 Å². The van der Waals surface area contributed by atoms with Gasteiger partial charge in [0.15, 0.2) is 0 Å². The first-order chi connectivity index (χ1) is 9.56. The van der Waals surface area contributed by atoms with Gasteiger partial charge in [0.25, 0.3) is 5.91 Å². The van der Waals surface area contributed by atoms with Crippen molar-refractivity contribution in [1.82, 2.24) is 10.6 Å². The maximum Gasteiger partial charge on any atom is 0.387 e. The van der Waals surface area contributed by atoms with Crippen molar-refractivity contribution >= 4 is 5.91 Å². The second-order valence-corrected chi connectivity index (χ2v) is 4.96. The Hall–Kier alpha value is -1.69. The molecule has 2 unspecified atom stereocenters. The minimum atomic E-state index is -2.89. The average molecular weight is 284 g/mol. The third-order valence-corrected chi connectivity index (χ3v) is 3.42. The lowest BCUT2D eigenvalue weighted by Gasteiger charge is -2.30. The predicted molar refractivity (Wildman–Crippen MR) is 71.0 cm³/mol. The van der Waals surface area contributed by atoms with Crippen molar-refractivity contribution in [3.05, 3.63) is 29.8 Å². The number of benzene rings is 1. The fourth-order valence-corrected chi connectivity index (χ4v) is 2.29. The normalized spacial score (nSPS) is 22.6. The van der Waals surface area contributed by atoms with Crippen molar-refractivity contribution in [2.75, 3.05) is 13.1 Å². The quantitative estimate of drug-likeness (QED) is 0.889. The molecule has 1 aliphatic rings. The highest BCUT2D eigenvalue weighted by Crippen LogP contribution is 2.17. The van der Waals surface area contributed by atoms with Crippen LogP contribution in [0.1, 0.15) is 23.7 Å². The van der Waals surface area contributed by atoms with Crippen molar-refractivity contribution in [2.45, 2.75) is 26.0 Å². The van der Waals surface area contributed by atoms with Gasteiger partial charge in [-0.15, -0.1) is 0 Å². The van der Waals surface area contributed by atoms with Gasteiger partial charge in [0, 0.05) is 11.6 Å². The summed E-state index contributed by atoms with van der Waals surface area (Å²) < 4.78 is 28.6. The molecule has 1 heterocycles. The second-order valence-electron chi connectivity index (χ2n) is 4.96. The van der Waals surface area contributed by atoms with Crippen molar-refractivity contribution in [3.63, 3.8) is 0 Å². The Bertz CT molecular complexity index is 468. The van der Waals surface area contributed by atoms with E-state index >= 15 is 0 Å². The molecule has 1 amide bonds. The minimum Gasteiger partial charge on any atom is -0.435 e. The van der Waals surface area contributed by atoms with Crippen LogP contribution in [-0.2, 0) is 0 Å². The Morgan fingerprint density at radius 1 is 1.50 bits per heavy atom. The Labute approximate surface area is 116 Å². The number of nitrogens with one attached hydrogen (secondary N) is 2. The molecule has 1 saturated heterocycles. The topological polar surface area (TPSA) is 50.4 Å². The van der Waals surface area contributed by atoms with E-state index in [1.165, 1.54) is 18.2 Å². The molecule has 1 aromatic carbocycles. The first kappa shape index (κ1) is 14.7. The van der Waals surface area contributed by atoms with E-state index in [1.54, 1.807) is 6.07 Å². The molecular formula is C14H18F2N2O2. The van der Waals surface area contributed by atoms with Crippen molar-refractivity contribution in [1.29, 1.82) is 0 Å². The average Bonchev–Trinajstić information content (AvgIpc) is 2.41. The molecule has 0 saturated carbocycles. The first-order valence-electron chi connectivity index (χ1n) is 6.62. The van der Waals surface area contributed by atoms with Gasteiger partial charge >= 0.3 is 6.61 Å². The van der Waals surface area contributed by atoms with Gasteiger partial charge in [-0.3, -0.25) is 4.79 Å². The number of carbonyl (C=O) groups is 1. The fraction of sp³-hybridized carbons (Fsp3) is 0.500. The third-order valence-electron chi connectivity index (χ3n) is 3.42. The summed E-state index contributed by atoms with van der Waals surface area (Å²) in [5.41, 5.74) is 0.328. The molecule has 2 N–H and O–H groups in total. The molecule has 20 heavy (non-hydrogen) atoms. The van der Waals surface area contributed by atoms with Crippen LogP contribution >= 0.6 is 0 Å². The van der Waals surface area contributed by atoms with Crippen LogP contribution in [0.5, 0.6) is 5.75 Å². The van der Waals surface area contributed by atoms with E-state index in [1.807, 2.05) is 0 Å². The number of carbonyl (C=O) groups excluding carboxylic acids is 1. The molecular weight excluding hydrogens is 266 g/mol. The van der Waals surface area contributed by atoms with E-state index in [0.29, 0.717) is 11.5 Å². The molecule has 0 bridgehead atoms. The lowest BCUT2D eigenvalue weighted by atomic mass is 9.95. The molecule has 1 aliphatic heterocycles. The summed E-state index contributed by atoms with van der Waals surface area (Å²) in [6.07, 6.45) is 0.861. The lowest BCUT2D eigenvalue weighted by molar-refractivity contribution is -0.0498. The maximum absolute atomic E-state index is 12.1. The number of rotatable bonds is 4. The number of piperidine rings is 1. The summed E-state index contributed by atoms with van der Waals surface area (Å²) in [5.74, 6) is 0.0719. The Balaban J connectivity index is 2.01. The molecule has 0 radical (unpaired) electrons. The summed E-state index contributed by atoms with van der Waals surface area (Å²) in [7, 11) is 0. The van der Waals surface area contributed by atoms with Crippen molar-refractivity contribution < 1.29 is 18.3 Å². The van der Waals surface area contributed by atoms with E-state index in [4.69, 9.17) is 0 Å². The van der Waals surface area contributed by atoms with Crippen LogP contribution in [0.2, 0.25) is 0 Å². The molecule has 2 atom stereocenters. The Morgan fingerprint density at radius 3 is 3.00 bits per heavy atom. The third kappa shape index (κ3) is 3.90. The predicted octanol–water partition coefficient (Wildman–Crippen LogP) is 2.02. The summed E-state index contributed by atoms with van der Waals surface area (Å²) in [6, 6.07) is 5.93. The highest BCUT2D eigenvalue weighted by atomic mass is 19.3. The number of alkyl halides is 2. The van der Waals surface area contributed by atoms with Gasteiger partial charge in [0.1, 0.15) is 5.75 Å². The summed E-state index contributed by atoms with van der Waals surface area (Å²) >= 11 is 0. The highest BCUT2D eigenvalue weighted by molar-refractivity contribution is 5.94. The minimum absolute atomic E-state index is 0.00832. The van der Waals surface area contributed by atoms with Crippen LogP contribution in [0.25, 0.3) is 0 Å². The highest BCUT2D eigenvalue weighted by Gasteiger charge is 2.23. The molecule has 0 aliphatic carbocycles. The van der Waals surface area contributed by atoms with Crippen LogP contribution in [0, 0.1) is 5.92 Å². The molecule has 4 nitrogen and oxygen atoms in total. The second kappa shape index (κ2) is 6.65. The van der Waals surface area contributed by atoms with Gasteiger partial charge in [-0.2, -0.15) is 8.78 Å². The number of halogens is 2. The van der Waals surface area contributed by atoms with Crippen LogP contribution in [0.3, 0.4) is 0 Å². The largest absolute Gasteiger partial charge is 0.435 e. The number of ether oxygens (including phenoxy) is 1. The van der Waals surface area contributed by atoms with Gasteiger partial charge < -0.3 is 15.4 Å². The van der Waals surface area contributed by atoms with Crippen LogP contribution in [-0.4, -0.2) is 31.7 Å². The first-order valence-corrected chi connectivity index (χ1v) is 6.62. The van der Waals surface area contributed by atoms with Crippen LogP contribution in [0.4, 0.5) is 8.78 Å². The zero-order valence-electron chi connectivity index (χ0n) is 11.2. The molecule has 0 aromatic heterocycles. The van der Waals surface area contributed by atoms with E-state index in [-0.39, 0.29) is 17.7 Å². The number of hydrogen-bond donors (Lipinski definition) is 2. The molecule has 1 fully saturated rings. The Morgan fingerprint density at radius 2 is 2.30 bits per heavy atom. The summed E-state index contributed by atoms with van der Waals surface area (Å²) in [4.78, 5) is 12.1. The zero-order chi connectivity index (χ0) is 14.5. The smallest absolute Gasteiger partial charge is 0.387 e. The zero-order valence-corrected chi connectivity index (χ0v) is 11.2. The molecule has 2 rings (SSSR count). The molecule has 6 heteroatoms. The molecule has 110 valence electrons. The number of amides is 1. The molecule has 1 aromatic rings. The molecule has 0 spiro atoms. The maximum atomic E-state index is 12.1. The standard InChI is InChI=1S/C14H18F2N2O2/c1-9-8-17-6-5-12(9)18-13(19)10-3-2-4-11(7-10)20-14(15)16/h2-4,7,9,12,14,17H,5-6,8H2,1H3,(H,18,19). The van der Waals surface area contributed by atoms with E-state index in [0.717, 1.165) is 19.5 Å². The van der Waals surface area contributed by atoms with Crippen molar-refractivity contribution in [2.24, 2.45) is 5.92 Å². The van der Waals surface area contributed by atoms with Crippen LogP contribution < -0.4 is 15.4 Å². The summed E-state index contributed by atoms with van der Waals surface area (Å²) in [5, 5.41) is 6.20. The number of hydrogen-bond acceptors (Lipinski definition) is 3. The van der Waals surface area contributed by atoms with Gasteiger partial charge in [-0.05, 0) is 43.6 Å².